The zero-order valence-electron chi connectivity index (χ0n) is 12.8. The summed E-state index contributed by atoms with van der Waals surface area (Å²) >= 11 is 0. The molecule has 2 rings (SSSR count). The fourth-order valence-electron chi connectivity index (χ4n) is 3.02. The van der Waals surface area contributed by atoms with E-state index in [-0.39, 0.29) is 0 Å². The number of nitrogens with zero attached hydrogens (tertiary/aromatic N) is 2. The number of aryl methyl sites for hydroxylation is 1. The van der Waals surface area contributed by atoms with Crippen LogP contribution in [0.15, 0.2) is 0 Å². The van der Waals surface area contributed by atoms with E-state index in [9.17, 15) is 5.26 Å². The van der Waals surface area contributed by atoms with Gasteiger partial charge in [0.25, 0.3) is 0 Å². The first kappa shape index (κ1) is 14.8. The van der Waals surface area contributed by atoms with Gasteiger partial charge in [-0.2, -0.15) is 5.26 Å². The maximum Gasteiger partial charge on any atom is 0.144 e. The van der Waals surface area contributed by atoms with E-state index < -0.39 is 0 Å². The molecule has 0 aromatic carbocycles. The predicted molar refractivity (Wildman–Crippen MR) is 83.0 cm³/mol. The molecule has 0 atom stereocenters. The summed E-state index contributed by atoms with van der Waals surface area (Å²) in [5.41, 5.74) is 4.61. The number of fused-ring (bicyclic) bond motifs is 1. The number of nitriles is 1. The number of hydrogen-bond donors (Lipinski definition) is 1. The van der Waals surface area contributed by atoms with Crippen molar-refractivity contribution in [3.63, 3.8) is 0 Å². The Morgan fingerprint density at radius 1 is 1.15 bits per heavy atom. The van der Waals surface area contributed by atoms with Crippen molar-refractivity contribution in [2.45, 2.75) is 65.2 Å². The number of hydrogen-bond acceptors (Lipinski definition) is 3. The molecule has 20 heavy (non-hydrogen) atoms. The lowest BCUT2D eigenvalue weighted by atomic mass is 9.87. The SMILES string of the molecule is CCCCCNc1nc(CC)c2c(c1C#N)CCCC2. The molecule has 1 aromatic heterocycles. The maximum atomic E-state index is 9.51. The Bertz CT molecular complexity index is 500. The van der Waals surface area contributed by atoms with E-state index in [1.807, 2.05) is 0 Å². The summed E-state index contributed by atoms with van der Waals surface area (Å²) in [5, 5.41) is 12.9. The minimum atomic E-state index is 0.799. The zero-order valence-corrected chi connectivity index (χ0v) is 12.8. The lowest BCUT2D eigenvalue weighted by Gasteiger charge is -2.22. The first-order valence-electron chi connectivity index (χ1n) is 8.00. The summed E-state index contributed by atoms with van der Waals surface area (Å²) in [6.45, 7) is 5.27. The van der Waals surface area contributed by atoms with E-state index in [0.717, 1.165) is 43.6 Å². The third kappa shape index (κ3) is 3.12. The molecule has 0 saturated carbocycles. The van der Waals surface area contributed by atoms with Gasteiger partial charge >= 0.3 is 0 Å². The Labute approximate surface area is 122 Å². The average molecular weight is 271 g/mol. The van der Waals surface area contributed by atoms with E-state index in [4.69, 9.17) is 4.98 Å². The van der Waals surface area contributed by atoms with Gasteiger partial charge in [0.1, 0.15) is 11.9 Å². The van der Waals surface area contributed by atoms with Gasteiger partial charge in [-0.05, 0) is 49.7 Å². The molecule has 0 fully saturated rings. The number of aromatic nitrogens is 1. The predicted octanol–water partition coefficient (Wildman–Crippen LogP) is 4.00. The van der Waals surface area contributed by atoms with E-state index in [1.165, 1.54) is 42.5 Å². The van der Waals surface area contributed by atoms with Crippen LogP contribution in [0, 0.1) is 11.3 Å². The molecule has 3 heteroatoms. The van der Waals surface area contributed by atoms with Gasteiger partial charge in [0, 0.05) is 12.2 Å². The molecule has 0 bridgehead atoms. The summed E-state index contributed by atoms with van der Waals surface area (Å²) in [6.07, 6.45) is 9.10. The largest absolute Gasteiger partial charge is 0.369 e. The lowest BCUT2D eigenvalue weighted by Crippen LogP contribution is -2.15. The quantitative estimate of drug-likeness (QED) is 0.796. The molecule has 108 valence electrons. The van der Waals surface area contributed by atoms with Crippen LogP contribution in [0.5, 0.6) is 0 Å². The topological polar surface area (TPSA) is 48.7 Å². The van der Waals surface area contributed by atoms with Gasteiger partial charge in [-0.15, -0.1) is 0 Å². The van der Waals surface area contributed by atoms with Crippen LogP contribution < -0.4 is 5.32 Å². The fourth-order valence-corrected chi connectivity index (χ4v) is 3.02. The molecular formula is C17H25N3. The van der Waals surface area contributed by atoms with E-state index >= 15 is 0 Å². The van der Waals surface area contributed by atoms with Crippen LogP contribution in [0.3, 0.4) is 0 Å². The highest BCUT2D eigenvalue weighted by molar-refractivity contribution is 5.60. The van der Waals surface area contributed by atoms with Gasteiger partial charge in [0.05, 0.1) is 5.56 Å². The normalized spacial score (nSPS) is 13.7. The van der Waals surface area contributed by atoms with Gasteiger partial charge in [-0.25, -0.2) is 4.98 Å². The first-order chi connectivity index (χ1) is 9.81. The zero-order chi connectivity index (χ0) is 14.4. The second-order valence-electron chi connectivity index (χ2n) is 5.55. The van der Waals surface area contributed by atoms with Gasteiger partial charge in [-0.3, -0.25) is 0 Å². The first-order valence-corrected chi connectivity index (χ1v) is 8.00. The van der Waals surface area contributed by atoms with Crippen LogP contribution in [-0.4, -0.2) is 11.5 Å². The van der Waals surface area contributed by atoms with Crippen molar-refractivity contribution in [2.24, 2.45) is 0 Å². The number of anilines is 1. The number of nitrogens with one attached hydrogen (secondary N) is 1. The van der Waals surface area contributed by atoms with Crippen molar-refractivity contribution in [3.05, 3.63) is 22.4 Å². The van der Waals surface area contributed by atoms with Crippen LogP contribution in [0.4, 0.5) is 5.82 Å². The molecule has 1 heterocycles. The summed E-state index contributed by atoms with van der Waals surface area (Å²) < 4.78 is 0. The third-order valence-electron chi connectivity index (χ3n) is 4.12. The molecule has 1 aromatic rings. The van der Waals surface area contributed by atoms with Gasteiger partial charge in [0.2, 0.25) is 0 Å². The summed E-state index contributed by atoms with van der Waals surface area (Å²) in [5.74, 6) is 0.820. The minimum Gasteiger partial charge on any atom is -0.369 e. The van der Waals surface area contributed by atoms with Crippen molar-refractivity contribution < 1.29 is 0 Å². The summed E-state index contributed by atoms with van der Waals surface area (Å²) in [4.78, 5) is 4.74. The second kappa shape index (κ2) is 7.28. The molecule has 3 nitrogen and oxygen atoms in total. The van der Waals surface area contributed by atoms with Crippen molar-refractivity contribution >= 4 is 5.82 Å². The molecule has 0 radical (unpaired) electrons. The van der Waals surface area contributed by atoms with Crippen molar-refractivity contribution in [3.8, 4) is 6.07 Å². The molecule has 0 aliphatic heterocycles. The van der Waals surface area contributed by atoms with E-state index in [2.05, 4.69) is 25.2 Å². The molecule has 1 aliphatic rings. The Balaban J connectivity index is 2.29. The molecule has 1 aliphatic carbocycles. The second-order valence-corrected chi connectivity index (χ2v) is 5.55. The third-order valence-corrected chi connectivity index (χ3v) is 4.12. The Kier molecular flexibility index (Phi) is 5.40. The van der Waals surface area contributed by atoms with Crippen molar-refractivity contribution in [2.75, 3.05) is 11.9 Å². The fraction of sp³-hybridized carbons (Fsp3) is 0.647. The van der Waals surface area contributed by atoms with Gasteiger partial charge < -0.3 is 5.32 Å². The van der Waals surface area contributed by atoms with Crippen molar-refractivity contribution in [1.29, 1.82) is 5.26 Å². The van der Waals surface area contributed by atoms with E-state index in [0.29, 0.717) is 0 Å². The number of pyridine rings is 1. The highest BCUT2D eigenvalue weighted by Gasteiger charge is 2.20. The summed E-state index contributed by atoms with van der Waals surface area (Å²) in [6, 6.07) is 2.39. The number of unbranched alkanes of at least 4 members (excludes halogenated alkanes) is 2. The Hall–Kier alpha value is -1.56. The monoisotopic (exact) mass is 271 g/mol. The van der Waals surface area contributed by atoms with Gasteiger partial charge in [0.15, 0.2) is 0 Å². The molecule has 0 unspecified atom stereocenters. The lowest BCUT2D eigenvalue weighted by molar-refractivity contribution is 0.671. The van der Waals surface area contributed by atoms with Crippen LogP contribution in [0.2, 0.25) is 0 Å². The van der Waals surface area contributed by atoms with E-state index in [1.54, 1.807) is 0 Å². The van der Waals surface area contributed by atoms with Crippen LogP contribution in [0.25, 0.3) is 0 Å². The average Bonchev–Trinajstić information content (AvgIpc) is 2.50. The number of rotatable bonds is 6. The Morgan fingerprint density at radius 3 is 2.55 bits per heavy atom. The standard InChI is InChI=1S/C17H25N3/c1-3-5-8-11-19-17-15(12-18)13-9-6-7-10-14(13)16(4-2)20-17/h3-11H2,1-2H3,(H,19,20). The molecule has 1 N–H and O–H groups in total. The highest BCUT2D eigenvalue weighted by Crippen LogP contribution is 2.30. The van der Waals surface area contributed by atoms with Crippen LogP contribution >= 0.6 is 0 Å². The van der Waals surface area contributed by atoms with Gasteiger partial charge in [-0.1, -0.05) is 26.7 Å². The highest BCUT2D eigenvalue weighted by atomic mass is 15.0. The van der Waals surface area contributed by atoms with Crippen LogP contribution in [0.1, 0.15) is 68.3 Å². The smallest absolute Gasteiger partial charge is 0.144 e. The molecular weight excluding hydrogens is 246 g/mol. The minimum absolute atomic E-state index is 0.799. The Morgan fingerprint density at radius 2 is 1.90 bits per heavy atom. The van der Waals surface area contributed by atoms with Crippen molar-refractivity contribution in [1.82, 2.24) is 4.98 Å². The summed E-state index contributed by atoms with van der Waals surface area (Å²) in [7, 11) is 0. The molecule has 0 spiro atoms. The van der Waals surface area contributed by atoms with Crippen LogP contribution in [-0.2, 0) is 19.3 Å². The maximum absolute atomic E-state index is 9.51. The molecule has 0 saturated heterocycles. The molecule has 0 amide bonds.